The monoisotopic (exact) mass is 221 g/mol. The van der Waals surface area contributed by atoms with Crippen molar-refractivity contribution in [1.29, 1.82) is 0 Å². The van der Waals surface area contributed by atoms with Gasteiger partial charge in [0.1, 0.15) is 0 Å². The van der Waals surface area contributed by atoms with Gasteiger partial charge in [-0.25, -0.2) is 0 Å². The number of rotatable bonds is 5. The van der Waals surface area contributed by atoms with Crippen molar-refractivity contribution in [3.8, 4) is 0 Å². The molecular weight excluding hydrogens is 198 g/mol. The summed E-state index contributed by atoms with van der Waals surface area (Å²) in [5.74, 6) is 0.634. The lowest BCUT2D eigenvalue weighted by atomic mass is 10.0. The van der Waals surface area contributed by atoms with E-state index in [9.17, 15) is 0 Å². The molecule has 0 saturated heterocycles. The Bertz CT molecular complexity index is 295. The average Bonchev–Trinajstić information content (AvgIpc) is 2.17. The molecular formula is C13H23N3. The van der Waals surface area contributed by atoms with E-state index in [4.69, 9.17) is 5.73 Å². The number of pyridine rings is 1. The summed E-state index contributed by atoms with van der Waals surface area (Å²) in [7, 11) is 2.11. The molecule has 0 spiro atoms. The summed E-state index contributed by atoms with van der Waals surface area (Å²) < 4.78 is 0. The molecule has 1 aromatic heterocycles. The highest BCUT2D eigenvalue weighted by atomic mass is 15.2. The van der Waals surface area contributed by atoms with Crippen LogP contribution in [-0.4, -0.2) is 29.5 Å². The van der Waals surface area contributed by atoms with Crippen LogP contribution in [0.1, 0.15) is 32.5 Å². The van der Waals surface area contributed by atoms with Gasteiger partial charge < -0.3 is 5.73 Å². The summed E-state index contributed by atoms with van der Waals surface area (Å²) >= 11 is 0. The van der Waals surface area contributed by atoms with Crippen LogP contribution in [-0.2, 0) is 0 Å². The van der Waals surface area contributed by atoms with E-state index < -0.39 is 0 Å². The quantitative estimate of drug-likeness (QED) is 0.827. The highest BCUT2D eigenvalue weighted by molar-refractivity contribution is 5.10. The van der Waals surface area contributed by atoms with Crippen molar-refractivity contribution < 1.29 is 0 Å². The normalized spacial score (nSPS) is 15.4. The minimum atomic E-state index is 0.0821. The Labute approximate surface area is 98.7 Å². The van der Waals surface area contributed by atoms with Gasteiger partial charge in [-0.3, -0.25) is 9.88 Å². The zero-order chi connectivity index (χ0) is 12.1. The molecule has 0 aliphatic heterocycles. The molecule has 1 aromatic rings. The topological polar surface area (TPSA) is 42.2 Å². The number of nitrogens with zero attached hydrogens (tertiary/aromatic N) is 2. The molecule has 0 saturated carbocycles. The number of hydrogen-bond acceptors (Lipinski definition) is 3. The maximum Gasteiger partial charge on any atom is 0.0668 e. The van der Waals surface area contributed by atoms with E-state index in [2.05, 4.69) is 30.8 Å². The van der Waals surface area contributed by atoms with Crippen LogP contribution in [0, 0.1) is 5.92 Å². The maximum atomic E-state index is 6.06. The molecule has 0 bridgehead atoms. The summed E-state index contributed by atoms with van der Waals surface area (Å²) in [6.45, 7) is 7.50. The van der Waals surface area contributed by atoms with Gasteiger partial charge in [0.05, 0.1) is 11.7 Å². The Morgan fingerprint density at radius 1 is 1.31 bits per heavy atom. The number of likely N-dealkylation sites (N-methyl/N-ethyl adjacent to an activating group) is 1. The van der Waals surface area contributed by atoms with E-state index in [1.54, 1.807) is 0 Å². The molecule has 2 unspecified atom stereocenters. The van der Waals surface area contributed by atoms with Crippen LogP contribution in [0.25, 0.3) is 0 Å². The molecule has 0 aromatic carbocycles. The second kappa shape index (κ2) is 5.97. The molecule has 3 nitrogen and oxygen atoms in total. The summed E-state index contributed by atoms with van der Waals surface area (Å²) in [5.41, 5.74) is 7.12. The van der Waals surface area contributed by atoms with E-state index >= 15 is 0 Å². The first kappa shape index (κ1) is 13.1. The Morgan fingerprint density at radius 2 is 2.00 bits per heavy atom. The predicted molar refractivity (Wildman–Crippen MR) is 68.1 cm³/mol. The van der Waals surface area contributed by atoms with Crippen molar-refractivity contribution in [2.75, 3.05) is 13.6 Å². The zero-order valence-corrected chi connectivity index (χ0v) is 10.7. The van der Waals surface area contributed by atoms with Gasteiger partial charge in [0.15, 0.2) is 0 Å². The zero-order valence-electron chi connectivity index (χ0n) is 10.7. The standard InChI is InChI=1S/C13H23N3/c1-10(2)9-16(4)13(11(3)14)12-7-5-6-8-15-12/h5-8,10-11,13H,9,14H2,1-4H3. The summed E-state index contributed by atoms with van der Waals surface area (Å²) in [4.78, 5) is 6.70. The molecule has 90 valence electrons. The fraction of sp³-hybridized carbons (Fsp3) is 0.615. The van der Waals surface area contributed by atoms with Gasteiger partial charge in [-0.15, -0.1) is 0 Å². The first-order valence-electron chi connectivity index (χ1n) is 5.89. The summed E-state index contributed by atoms with van der Waals surface area (Å²) in [5, 5.41) is 0. The summed E-state index contributed by atoms with van der Waals surface area (Å²) in [6.07, 6.45) is 1.83. The van der Waals surface area contributed by atoms with E-state index in [-0.39, 0.29) is 12.1 Å². The molecule has 3 heteroatoms. The number of hydrogen-bond donors (Lipinski definition) is 1. The fourth-order valence-corrected chi connectivity index (χ4v) is 2.14. The predicted octanol–water partition coefficient (Wildman–Crippen LogP) is 2.06. The largest absolute Gasteiger partial charge is 0.326 e. The molecule has 1 rings (SSSR count). The first-order valence-corrected chi connectivity index (χ1v) is 5.89. The Kier molecular flexibility index (Phi) is 4.90. The average molecular weight is 221 g/mol. The second-order valence-electron chi connectivity index (χ2n) is 4.89. The maximum absolute atomic E-state index is 6.06. The molecule has 0 fully saturated rings. The molecule has 2 atom stereocenters. The third-order valence-corrected chi connectivity index (χ3v) is 2.62. The van der Waals surface area contributed by atoms with Gasteiger partial charge >= 0.3 is 0 Å². The van der Waals surface area contributed by atoms with Crippen molar-refractivity contribution >= 4 is 0 Å². The van der Waals surface area contributed by atoms with Gasteiger partial charge in [0.25, 0.3) is 0 Å². The van der Waals surface area contributed by atoms with Gasteiger partial charge in [-0.1, -0.05) is 19.9 Å². The molecule has 0 aliphatic rings. The minimum Gasteiger partial charge on any atom is -0.326 e. The minimum absolute atomic E-state index is 0.0821. The lowest BCUT2D eigenvalue weighted by Crippen LogP contribution is -2.39. The summed E-state index contributed by atoms with van der Waals surface area (Å²) in [6, 6.07) is 6.28. The SMILES string of the molecule is CC(C)CN(C)C(c1ccccn1)C(C)N. The molecule has 0 amide bonds. The van der Waals surface area contributed by atoms with Crippen LogP contribution in [0.2, 0.25) is 0 Å². The van der Waals surface area contributed by atoms with Gasteiger partial charge in [0.2, 0.25) is 0 Å². The number of nitrogens with two attached hydrogens (primary N) is 1. The molecule has 16 heavy (non-hydrogen) atoms. The van der Waals surface area contributed by atoms with Crippen LogP contribution in [0.15, 0.2) is 24.4 Å². The highest BCUT2D eigenvalue weighted by Gasteiger charge is 2.22. The third kappa shape index (κ3) is 3.58. The molecule has 0 radical (unpaired) electrons. The van der Waals surface area contributed by atoms with E-state index in [0.29, 0.717) is 5.92 Å². The van der Waals surface area contributed by atoms with Crippen molar-refractivity contribution in [3.05, 3.63) is 30.1 Å². The van der Waals surface area contributed by atoms with Crippen LogP contribution in [0.5, 0.6) is 0 Å². The molecule has 1 heterocycles. The van der Waals surface area contributed by atoms with Crippen LogP contribution >= 0.6 is 0 Å². The van der Waals surface area contributed by atoms with Crippen molar-refractivity contribution in [3.63, 3.8) is 0 Å². The highest BCUT2D eigenvalue weighted by Crippen LogP contribution is 2.20. The van der Waals surface area contributed by atoms with Crippen molar-refractivity contribution in [2.45, 2.75) is 32.9 Å². The van der Waals surface area contributed by atoms with Gasteiger partial charge in [-0.05, 0) is 32.0 Å². The van der Waals surface area contributed by atoms with Crippen LogP contribution in [0.3, 0.4) is 0 Å². The Balaban J connectivity index is 2.83. The van der Waals surface area contributed by atoms with E-state index in [0.717, 1.165) is 12.2 Å². The fourth-order valence-electron chi connectivity index (χ4n) is 2.14. The third-order valence-electron chi connectivity index (χ3n) is 2.62. The van der Waals surface area contributed by atoms with Gasteiger partial charge in [-0.2, -0.15) is 0 Å². The van der Waals surface area contributed by atoms with E-state index in [1.807, 2.05) is 31.3 Å². The van der Waals surface area contributed by atoms with Crippen molar-refractivity contribution in [1.82, 2.24) is 9.88 Å². The second-order valence-corrected chi connectivity index (χ2v) is 4.89. The van der Waals surface area contributed by atoms with Crippen LogP contribution in [0.4, 0.5) is 0 Å². The smallest absolute Gasteiger partial charge is 0.0668 e. The van der Waals surface area contributed by atoms with E-state index in [1.165, 1.54) is 0 Å². The lowest BCUT2D eigenvalue weighted by molar-refractivity contribution is 0.193. The Hall–Kier alpha value is -0.930. The van der Waals surface area contributed by atoms with Crippen LogP contribution < -0.4 is 5.73 Å². The number of aromatic nitrogens is 1. The molecule has 2 N–H and O–H groups in total. The van der Waals surface area contributed by atoms with Gasteiger partial charge in [0, 0.05) is 18.8 Å². The molecule has 0 aliphatic carbocycles. The lowest BCUT2D eigenvalue weighted by Gasteiger charge is -2.31. The van der Waals surface area contributed by atoms with Crippen molar-refractivity contribution in [2.24, 2.45) is 11.7 Å². The first-order chi connectivity index (χ1) is 7.52. The Morgan fingerprint density at radius 3 is 2.44 bits per heavy atom.